The number of likely N-dealkylation sites (N-methyl/N-ethyl adjacent to an activating group) is 1. The highest BCUT2D eigenvalue weighted by atomic mass is 16.5. The first-order valence-electron chi connectivity index (χ1n) is 10.7. The van der Waals surface area contributed by atoms with Crippen molar-refractivity contribution in [3.8, 4) is 5.75 Å². The molecule has 5 heterocycles. The fourth-order valence-electron chi connectivity index (χ4n) is 4.41. The molecule has 4 aliphatic heterocycles. The summed E-state index contributed by atoms with van der Waals surface area (Å²) < 4.78 is 5.86. The summed E-state index contributed by atoms with van der Waals surface area (Å²) in [7, 11) is 2.00. The van der Waals surface area contributed by atoms with E-state index < -0.39 is 5.41 Å². The Balaban J connectivity index is 1.35. The molecule has 1 aromatic carbocycles. The molecule has 0 aliphatic carbocycles. The van der Waals surface area contributed by atoms with E-state index in [1.165, 1.54) is 0 Å². The molecular weight excluding hydrogens is 420 g/mol. The van der Waals surface area contributed by atoms with Gasteiger partial charge in [0.1, 0.15) is 12.8 Å². The van der Waals surface area contributed by atoms with E-state index in [2.05, 4.69) is 30.5 Å². The predicted octanol–water partition coefficient (Wildman–Crippen LogP) is 2.80. The van der Waals surface area contributed by atoms with Crippen LogP contribution < -0.4 is 24.9 Å². The van der Waals surface area contributed by atoms with Crippen LogP contribution in [0.1, 0.15) is 19.4 Å². The van der Waals surface area contributed by atoms with Gasteiger partial charge in [-0.25, -0.2) is 4.98 Å². The lowest BCUT2D eigenvalue weighted by molar-refractivity contribution is -0.119. The first-order valence-corrected chi connectivity index (χ1v) is 10.7. The van der Waals surface area contributed by atoms with E-state index in [0.29, 0.717) is 18.4 Å². The molecule has 0 saturated heterocycles. The van der Waals surface area contributed by atoms with Gasteiger partial charge in [0.25, 0.3) is 11.8 Å². The summed E-state index contributed by atoms with van der Waals surface area (Å²) in [6.07, 6.45) is 7.04. The van der Waals surface area contributed by atoms with Crippen molar-refractivity contribution in [1.82, 2.24) is 9.58 Å². The van der Waals surface area contributed by atoms with Crippen LogP contribution in [0, 0.1) is 0 Å². The van der Waals surface area contributed by atoms with Crippen molar-refractivity contribution in [2.45, 2.75) is 19.3 Å². The number of aromatic nitrogens is 1. The summed E-state index contributed by atoms with van der Waals surface area (Å²) in [6.45, 7) is 5.23. The molecule has 0 spiro atoms. The largest absolute Gasteiger partial charge is 0.488 e. The molecule has 1 aromatic heterocycles. The van der Waals surface area contributed by atoms with Crippen molar-refractivity contribution in [3.63, 3.8) is 0 Å². The normalized spacial score (nSPS) is 23.7. The molecule has 10 heteroatoms. The number of carbonyl (C=O) groups is 1. The van der Waals surface area contributed by atoms with Gasteiger partial charge in [0.05, 0.1) is 30.4 Å². The molecule has 6 rings (SSSR count). The summed E-state index contributed by atoms with van der Waals surface area (Å²) >= 11 is 0. The number of anilines is 3. The van der Waals surface area contributed by atoms with Gasteiger partial charge < -0.3 is 20.3 Å². The van der Waals surface area contributed by atoms with E-state index in [1.54, 1.807) is 18.6 Å². The average molecular weight is 443 g/mol. The molecule has 1 unspecified atom stereocenters. The van der Waals surface area contributed by atoms with Crippen molar-refractivity contribution >= 4 is 46.8 Å². The molecule has 33 heavy (non-hydrogen) atoms. The maximum Gasteiger partial charge on any atom is 0.287 e. The van der Waals surface area contributed by atoms with E-state index in [9.17, 15) is 4.79 Å². The fourth-order valence-corrected chi connectivity index (χ4v) is 4.41. The quantitative estimate of drug-likeness (QED) is 0.695. The van der Waals surface area contributed by atoms with Gasteiger partial charge in [0.2, 0.25) is 5.91 Å². The molecule has 2 aromatic rings. The molecule has 0 radical (unpaired) electrons. The number of rotatable bonds is 2. The van der Waals surface area contributed by atoms with E-state index in [4.69, 9.17) is 9.84 Å². The third kappa shape index (κ3) is 2.87. The highest BCUT2D eigenvalue weighted by Crippen LogP contribution is 2.40. The third-order valence-electron chi connectivity index (χ3n) is 6.40. The Morgan fingerprint density at radius 2 is 2.15 bits per heavy atom. The monoisotopic (exact) mass is 443 g/mol. The van der Waals surface area contributed by atoms with Crippen LogP contribution in [-0.4, -0.2) is 49.1 Å². The molecule has 0 saturated carbocycles. The van der Waals surface area contributed by atoms with Gasteiger partial charge in [0.15, 0.2) is 23.5 Å². The van der Waals surface area contributed by atoms with Crippen molar-refractivity contribution in [2.24, 2.45) is 15.1 Å². The Labute approximate surface area is 190 Å². The first kappa shape index (κ1) is 19.6. The number of nitrogens with zero attached hydrogens (tertiary/aromatic N) is 6. The molecule has 4 aliphatic rings. The molecule has 166 valence electrons. The topological polar surface area (TPSA) is 104 Å². The second-order valence-electron chi connectivity index (χ2n) is 8.91. The van der Waals surface area contributed by atoms with E-state index >= 15 is 0 Å². The Morgan fingerprint density at radius 1 is 1.27 bits per heavy atom. The van der Waals surface area contributed by atoms with Crippen molar-refractivity contribution in [1.29, 1.82) is 0 Å². The number of benzene rings is 1. The lowest BCUT2D eigenvalue weighted by Gasteiger charge is -2.28. The fraction of sp³-hybridized carbons (Fsp3) is 0.261. The number of hydrogen-bond acceptors (Lipinski definition) is 8. The zero-order valence-electron chi connectivity index (χ0n) is 18.5. The van der Waals surface area contributed by atoms with Crippen LogP contribution in [0.15, 0.2) is 57.9 Å². The number of aliphatic imine (C=N–C) groups is 2. The van der Waals surface area contributed by atoms with E-state index in [0.717, 1.165) is 40.7 Å². The Hall–Kier alpha value is -4.05. The van der Waals surface area contributed by atoms with Crippen LogP contribution in [0.25, 0.3) is 0 Å². The summed E-state index contributed by atoms with van der Waals surface area (Å²) in [5.41, 5.74) is 2.79. The van der Waals surface area contributed by atoms with Crippen LogP contribution in [0.2, 0.25) is 0 Å². The maximum atomic E-state index is 12.3. The van der Waals surface area contributed by atoms with Gasteiger partial charge in [-0.3, -0.25) is 9.79 Å². The van der Waals surface area contributed by atoms with E-state index in [1.807, 2.05) is 51.4 Å². The van der Waals surface area contributed by atoms with Crippen LogP contribution >= 0.6 is 0 Å². The standard InChI is InChI=1S/C23H22N8O2/c1-23(2)16-5-4-14(10-17(16)27-21(23)32)26-22-28-19-13-24-6-8-31(19,29-22)15-11-18-20(25-12-15)30(3)7-9-33-18/h4-6,8,10-13H,7,9H2,1-3H3,(H-,26,27,29,32)/p+1. The van der Waals surface area contributed by atoms with Crippen molar-refractivity contribution in [2.75, 3.05) is 35.7 Å². The van der Waals surface area contributed by atoms with E-state index in [-0.39, 0.29) is 10.5 Å². The minimum Gasteiger partial charge on any atom is -0.488 e. The summed E-state index contributed by atoms with van der Waals surface area (Å²) in [5, 5.41) is 11.1. The molecular formula is C23H23N8O2+. The van der Waals surface area contributed by atoms with Gasteiger partial charge in [0, 0.05) is 18.4 Å². The second-order valence-corrected chi connectivity index (χ2v) is 8.91. The van der Waals surface area contributed by atoms with Crippen LogP contribution in [0.5, 0.6) is 5.75 Å². The highest BCUT2D eigenvalue weighted by molar-refractivity contribution is 6.38. The number of quaternary nitrogens is 1. The Morgan fingerprint density at radius 3 is 3.03 bits per heavy atom. The van der Waals surface area contributed by atoms with Gasteiger partial charge in [-0.2, -0.15) is 4.99 Å². The van der Waals surface area contributed by atoms with Crippen molar-refractivity contribution < 1.29 is 9.53 Å². The first-order chi connectivity index (χ1) is 15.9. The molecule has 10 nitrogen and oxygen atoms in total. The SMILES string of the molecule is CN1CCOc2cc([N+]34C=CN=CC3=NC(Nc3ccc5c(c3)NC(=O)C5(C)C)=N4)cnc21. The Kier molecular flexibility index (Phi) is 4.00. The highest BCUT2D eigenvalue weighted by Gasteiger charge is 2.44. The number of fused-ring (bicyclic) bond motifs is 3. The molecule has 0 fully saturated rings. The number of guanidine groups is 1. The number of carbonyl (C=O) groups excluding carboxylic acids is 1. The van der Waals surface area contributed by atoms with Crippen molar-refractivity contribution in [3.05, 3.63) is 48.4 Å². The van der Waals surface area contributed by atoms with Crippen LogP contribution in [-0.2, 0) is 10.2 Å². The van der Waals surface area contributed by atoms with Gasteiger partial charge in [-0.05, 0) is 36.6 Å². The summed E-state index contributed by atoms with van der Waals surface area (Å²) in [6, 6.07) is 7.74. The summed E-state index contributed by atoms with van der Waals surface area (Å²) in [4.78, 5) is 27.9. The zero-order chi connectivity index (χ0) is 22.8. The lowest BCUT2D eigenvalue weighted by atomic mass is 9.86. The number of ether oxygens (including phenoxy) is 1. The second kappa shape index (κ2) is 6.72. The molecule has 2 N–H and O–H groups in total. The van der Waals surface area contributed by atoms with Gasteiger partial charge in [-0.1, -0.05) is 10.7 Å². The average Bonchev–Trinajstić information content (AvgIpc) is 3.28. The molecule has 1 amide bonds. The molecule has 1 atom stereocenters. The number of amidine groups is 1. The number of pyridine rings is 1. The predicted molar refractivity (Wildman–Crippen MR) is 129 cm³/mol. The minimum atomic E-state index is -0.550. The smallest absolute Gasteiger partial charge is 0.287 e. The number of nitrogens with one attached hydrogen (secondary N) is 2. The zero-order valence-corrected chi connectivity index (χ0v) is 18.5. The number of hydrogen-bond donors (Lipinski definition) is 2. The maximum absolute atomic E-state index is 12.3. The van der Waals surface area contributed by atoms with Crippen LogP contribution in [0.3, 0.4) is 0 Å². The Bertz CT molecular complexity index is 1330. The van der Waals surface area contributed by atoms with Crippen LogP contribution in [0.4, 0.5) is 22.9 Å². The van der Waals surface area contributed by atoms with Gasteiger partial charge in [-0.15, -0.1) is 0 Å². The third-order valence-corrected chi connectivity index (χ3v) is 6.40. The summed E-state index contributed by atoms with van der Waals surface area (Å²) in [5.74, 6) is 2.59. The minimum absolute atomic E-state index is 0.00783. The molecule has 0 bridgehead atoms. The lowest BCUT2D eigenvalue weighted by Crippen LogP contribution is -2.44. The number of amides is 1. The van der Waals surface area contributed by atoms with Gasteiger partial charge >= 0.3 is 0 Å².